The standard InChI is InChI=1S/C9H15N3/c1-2-11-7-9(10)8-3-5-12-6-4-8/h3-6,9,11H,2,7,10H2,1H3. The summed E-state index contributed by atoms with van der Waals surface area (Å²) < 4.78 is 0. The highest BCUT2D eigenvalue weighted by Crippen LogP contribution is 2.06. The van der Waals surface area contributed by atoms with Crippen LogP contribution in [0.4, 0.5) is 0 Å². The smallest absolute Gasteiger partial charge is 0.0422 e. The van der Waals surface area contributed by atoms with Gasteiger partial charge in [-0.15, -0.1) is 0 Å². The van der Waals surface area contributed by atoms with E-state index in [-0.39, 0.29) is 6.04 Å². The van der Waals surface area contributed by atoms with Gasteiger partial charge in [0.1, 0.15) is 0 Å². The Morgan fingerprint density at radius 2 is 2.17 bits per heavy atom. The summed E-state index contributed by atoms with van der Waals surface area (Å²) in [5.74, 6) is 0. The number of hydrogen-bond donors (Lipinski definition) is 2. The quantitative estimate of drug-likeness (QED) is 0.690. The van der Waals surface area contributed by atoms with Gasteiger partial charge in [0.2, 0.25) is 0 Å². The van der Waals surface area contributed by atoms with Crippen molar-refractivity contribution in [1.82, 2.24) is 10.3 Å². The highest BCUT2D eigenvalue weighted by molar-refractivity contribution is 5.14. The van der Waals surface area contributed by atoms with Crippen molar-refractivity contribution >= 4 is 0 Å². The maximum absolute atomic E-state index is 5.89. The second-order valence-electron chi connectivity index (χ2n) is 2.69. The summed E-state index contributed by atoms with van der Waals surface area (Å²) in [6.07, 6.45) is 3.53. The number of nitrogens with one attached hydrogen (secondary N) is 1. The van der Waals surface area contributed by atoms with Crippen LogP contribution in [0.15, 0.2) is 24.5 Å². The lowest BCUT2D eigenvalue weighted by atomic mass is 10.1. The van der Waals surface area contributed by atoms with Crippen molar-refractivity contribution in [2.45, 2.75) is 13.0 Å². The minimum absolute atomic E-state index is 0.0768. The molecule has 0 saturated heterocycles. The average molecular weight is 165 g/mol. The number of hydrogen-bond acceptors (Lipinski definition) is 3. The zero-order chi connectivity index (χ0) is 8.81. The van der Waals surface area contributed by atoms with Gasteiger partial charge in [-0.05, 0) is 24.2 Å². The van der Waals surface area contributed by atoms with Gasteiger partial charge in [0.25, 0.3) is 0 Å². The first-order chi connectivity index (χ1) is 5.84. The number of nitrogens with two attached hydrogens (primary N) is 1. The maximum Gasteiger partial charge on any atom is 0.0422 e. The summed E-state index contributed by atoms with van der Waals surface area (Å²) in [7, 11) is 0. The van der Waals surface area contributed by atoms with Crippen LogP contribution in [0, 0.1) is 0 Å². The number of pyridine rings is 1. The van der Waals surface area contributed by atoms with Crippen LogP contribution in [0.1, 0.15) is 18.5 Å². The molecule has 1 aromatic rings. The van der Waals surface area contributed by atoms with E-state index < -0.39 is 0 Å². The molecular formula is C9H15N3. The zero-order valence-corrected chi connectivity index (χ0v) is 7.33. The van der Waals surface area contributed by atoms with Crippen molar-refractivity contribution < 1.29 is 0 Å². The van der Waals surface area contributed by atoms with E-state index in [1.165, 1.54) is 0 Å². The lowest BCUT2D eigenvalue weighted by Gasteiger charge is -2.11. The molecule has 0 fully saturated rings. The van der Waals surface area contributed by atoms with Crippen LogP contribution in [0.5, 0.6) is 0 Å². The first-order valence-corrected chi connectivity index (χ1v) is 4.20. The fourth-order valence-corrected chi connectivity index (χ4v) is 1.03. The van der Waals surface area contributed by atoms with Crippen LogP contribution in [-0.2, 0) is 0 Å². The van der Waals surface area contributed by atoms with Gasteiger partial charge in [-0.3, -0.25) is 4.98 Å². The summed E-state index contributed by atoms with van der Waals surface area (Å²) in [5, 5.41) is 3.20. The van der Waals surface area contributed by atoms with Gasteiger partial charge in [-0.25, -0.2) is 0 Å². The van der Waals surface area contributed by atoms with E-state index in [0.717, 1.165) is 18.7 Å². The van der Waals surface area contributed by atoms with E-state index in [1.54, 1.807) is 12.4 Å². The van der Waals surface area contributed by atoms with E-state index in [0.29, 0.717) is 0 Å². The summed E-state index contributed by atoms with van der Waals surface area (Å²) in [6.45, 7) is 3.85. The Balaban J connectivity index is 2.48. The molecule has 1 unspecified atom stereocenters. The van der Waals surface area contributed by atoms with Crippen molar-refractivity contribution in [2.75, 3.05) is 13.1 Å². The highest BCUT2D eigenvalue weighted by atomic mass is 14.9. The SMILES string of the molecule is CCNCC(N)c1ccncc1. The molecule has 0 amide bonds. The Bertz CT molecular complexity index is 210. The molecule has 3 nitrogen and oxygen atoms in total. The first-order valence-electron chi connectivity index (χ1n) is 4.20. The third kappa shape index (κ3) is 2.60. The Kier molecular flexibility index (Phi) is 3.70. The molecule has 0 saturated carbocycles. The molecule has 0 bridgehead atoms. The van der Waals surface area contributed by atoms with E-state index in [2.05, 4.69) is 17.2 Å². The van der Waals surface area contributed by atoms with E-state index in [1.807, 2.05) is 12.1 Å². The normalized spacial score (nSPS) is 12.8. The molecule has 3 N–H and O–H groups in total. The fourth-order valence-electron chi connectivity index (χ4n) is 1.03. The molecule has 1 atom stereocenters. The van der Waals surface area contributed by atoms with Crippen LogP contribution in [0.2, 0.25) is 0 Å². The van der Waals surface area contributed by atoms with Gasteiger partial charge in [-0.2, -0.15) is 0 Å². The summed E-state index contributed by atoms with van der Waals surface area (Å²) in [4.78, 5) is 3.93. The average Bonchev–Trinajstić information content (AvgIpc) is 2.15. The third-order valence-corrected chi connectivity index (χ3v) is 1.75. The van der Waals surface area contributed by atoms with Crippen LogP contribution in [-0.4, -0.2) is 18.1 Å². The molecule has 0 aliphatic carbocycles. The van der Waals surface area contributed by atoms with Crippen LogP contribution in [0.25, 0.3) is 0 Å². The topological polar surface area (TPSA) is 50.9 Å². The largest absolute Gasteiger partial charge is 0.323 e. The van der Waals surface area contributed by atoms with Gasteiger partial charge < -0.3 is 11.1 Å². The molecule has 1 aromatic heterocycles. The number of nitrogens with zero attached hydrogens (tertiary/aromatic N) is 1. The Morgan fingerprint density at radius 1 is 1.50 bits per heavy atom. The van der Waals surface area contributed by atoms with Crippen molar-refractivity contribution in [3.63, 3.8) is 0 Å². The molecule has 3 heteroatoms. The summed E-state index contributed by atoms with van der Waals surface area (Å²) in [6, 6.07) is 3.97. The molecule has 1 heterocycles. The lowest BCUT2D eigenvalue weighted by molar-refractivity contribution is 0.615. The zero-order valence-electron chi connectivity index (χ0n) is 7.33. The first kappa shape index (κ1) is 9.16. The predicted octanol–water partition coefficient (Wildman–Crippen LogP) is 0.691. The van der Waals surface area contributed by atoms with Crippen molar-refractivity contribution in [3.05, 3.63) is 30.1 Å². The summed E-state index contributed by atoms with van der Waals surface area (Å²) in [5.41, 5.74) is 7.02. The number of aromatic nitrogens is 1. The van der Waals surface area contributed by atoms with Gasteiger partial charge in [0.15, 0.2) is 0 Å². The number of likely N-dealkylation sites (N-methyl/N-ethyl adjacent to an activating group) is 1. The van der Waals surface area contributed by atoms with Crippen LogP contribution in [0.3, 0.4) is 0 Å². The lowest BCUT2D eigenvalue weighted by Crippen LogP contribution is -2.26. The molecule has 66 valence electrons. The van der Waals surface area contributed by atoms with Crippen molar-refractivity contribution in [1.29, 1.82) is 0 Å². The number of rotatable bonds is 4. The molecule has 0 radical (unpaired) electrons. The third-order valence-electron chi connectivity index (χ3n) is 1.75. The molecular weight excluding hydrogens is 150 g/mol. The molecule has 0 aliphatic heterocycles. The predicted molar refractivity (Wildman–Crippen MR) is 49.7 cm³/mol. The molecule has 0 aromatic carbocycles. The minimum atomic E-state index is 0.0768. The monoisotopic (exact) mass is 165 g/mol. The van der Waals surface area contributed by atoms with E-state index in [9.17, 15) is 0 Å². The fraction of sp³-hybridized carbons (Fsp3) is 0.444. The Labute approximate surface area is 73.0 Å². The van der Waals surface area contributed by atoms with Gasteiger partial charge in [-0.1, -0.05) is 6.92 Å². The second kappa shape index (κ2) is 4.85. The molecule has 12 heavy (non-hydrogen) atoms. The van der Waals surface area contributed by atoms with Gasteiger partial charge >= 0.3 is 0 Å². The van der Waals surface area contributed by atoms with Crippen molar-refractivity contribution in [3.8, 4) is 0 Å². The van der Waals surface area contributed by atoms with E-state index >= 15 is 0 Å². The molecule has 1 rings (SSSR count). The molecule has 0 aliphatic rings. The summed E-state index contributed by atoms with van der Waals surface area (Å²) >= 11 is 0. The van der Waals surface area contributed by atoms with Gasteiger partial charge in [0, 0.05) is 25.0 Å². The molecule has 0 spiro atoms. The van der Waals surface area contributed by atoms with Crippen molar-refractivity contribution in [2.24, 2.45) is 5.73 Å². The highest BCUT2D eigenvalue weighted by Gasteiger charge is 2.02. The van der Waals surface area contributed by atoms with Crippen LogP contribution >= 0.6 is 0 Å². The van der Waals surface area contributed by atoms with Crippen LogP contribution < -0.4 is 11.1 Å². The van der Waals surface area contributed by atoms with Gasteiger partial charge in [0.05, 0.1) is 0 Å². The maximum atomic E-state index is 5.89. The Hall–Kier alpha value is -0.930. The Morgan fingerprint density at radius 3 is 2.75 bits per heavy atom. The minimum Gasteiger partial charge on any atom is -0.323 e. The second-order valence-corrected chi connectivity index (χ2v) is 2.69. The van der Waals surface area contributed by atoms with E-state index in [4.69, 9.17) is 5.73 Å².